The van der Waals surface area contributed by atoms with E-state index in [2.05, 4.69) is 22.7 Å². The van der Waals surface area contributed by atoms with Crippen LogP contribution in [0, 0.1) is 5.92 Å². The lowest BCUT2D eigenvalue weighted by molar-refractivity contribution is 0.00229. The fourth-order valence-corrected chi connectivity index (χ4v) is 2.69. The Kier molecular flexibility index (Phi) is 4.61. The van der Waals surface area contributed by atoms with Gasteiger partial charge in [0.05, 0.1) is 5.60 Å². The van der Waals surface area contributed by atoms with Gasteiger partial charge in [-0.1, -0.05) is 13.3 Å². The molecule has 0 aromatic carbocycles. The second-order valence-corrected chi connectivity index (χ2v) is 5.50. The average Bonchev–Trinajstić information content (AvgIpc) is 2.46. The molecule has 0 saturated heterocycles. The number of nitrogens with two attached hydrogens (primary N) is 1. The summed E-state index contributed by atoms with van der Waals surface area (Å²) in [5, 5.41) is 13.8. The number of pyridine rings is 1. The first-order chi connectivity index (χ1) is 9.15. The summed E-state index contributed by atoms with van der Waals surface area (Å²) in [5.74, 6) is 6.73. The molecule has 1 aliphatic carbocycles. The first-order valence-corrected chi connectivity index (χ1v) is 7.04. The van der Waals surface area contributed by atoms with E-state index in [0.717, 1.165) is 37.3 Å². The highest BCUT2D eigenvalue weighted by atomic mass is 16.3. The van der Waals surface area contributed by atoms with Crippen molar-refractivity contribution in [3.8, 4) is 0 Å². The lowest BCUT2D eigenvalue weighted by atomic mass is 9.78. The molecule has 1 aromatic heterocycles. The predicted octanol–water partition coefficient (Wildman–Crippen LogP) is 2.11. The molecular formula is C14H24N4O. The molecule has 1 heterocycles. The zero-order valence-electron chi connectivity index (χ0n) is 11.5. The summed E-state index contributed by atoms with van der Waals surface area (Å²) in [7, 11) is 0. The Labute approximate surface area is 114 Å². The van der Waals surface area contributed by atoms with Crippen LogP contribution in [0.15, 0.2) is 18.3 Å². The van der Waals surface area contributed by atoms with Crippen LogP contribution in [-0.2, 0) is 0 Å². The van der Waals surface area contributed by atoms with Crippen LogP contribution >= 0.6 is 0 Å². The molecule has 0 atom stereocenters. The minimum Gasteiger partial charge on any atom is -0.388 e. The van der Waals surface area contributed by atoms with Gasteiger partial charge in [-0.25, -0.2) is 10.8 Å². The van der Waals surface area contributed by atoms with Gasteiger partial charge in [-0.3, -0.25) is 0 Å². The Hall–Kier alpha value is -1.33. The Morgan fingerprint density at radius 2 is 2.21 bits per heavy atom. The Bertz CT molecular complexity index is 402. The number of nitrogens with zero attached hydrogens (tertiary/aromatic N) is 1. The van der Waals surface area contributed by atoms with Crippen molar-refractivity contribution in [2.24, 2.45) is 11.8 Å². The fourth-order valence-electron chi connectivity index (χ4n) is 2.69. The largest absolute Gasteiger partial charge is 0.388 e. The van der Waals surface area contributed by atoms with E-state index in [1.165, 1.54) is 6.42 Å². The maximum Gasteiger partial charge on any atom is 0.141 e. The molecule has 5 N–H and O–H groups in total. The fraction of sp³-hybridized carbons (Fsp3) is 0.643. The zero-order valence-corrected chi connectivity index (χ0v) is 11.5. The Morgan fingerprint density at radius 3 is 2.84 bits per heavy atom. The first kappa shape index (κ1) is 14.1. The third kappa shape index (κ3) is 3.81. The molecule has 0 bridgehead atoms. The molecule has 0 amide bonds. The van der Waals surface area contributed by atoms with Crippen LogP contribution in [0.4, 0.5) is 11.5 Å². The minimum atomic E-state index is -0.578. The van der Waals surface area contributed by atoms with Gasteiger partial charge in [0, 0.05) is 24.5 Å². The van der Waals surface area contributed by atoms with E-state index in [-0.39, 0.29) is 0 Å². The molecule has 106 valence electrons. The first-order valence-electron chi connectivity index (χ1n) is 7.04. The van der Waals surface area contributed by atoms with Gasteiger partial charge >= 0.3 is 0 Å². The van der Waals surface area contributed by atoms with Crippen molar-refractivity contribution in [3.63, 3.8) is 0 Å². The van der Waals surface area contributed by atoms with Crippen molar-refractivity contribution in [1.29, 1.82) is 0 Å². The molecule has 0 unspecified atom stereocenters. The zero-order chi connectivity index (χ0) is 13.7. The van der Waals surface area contributed by atoms with E-state index in [1.807, 2.05) is 12.1 Å². The van der Waals surface area contributed by atoms with E-state index in [1.54, 1.807) is 6.20 Å². The summed E-state index contributed by atoms with van der Waals surface area (Å²) in [6.45, 7) is 2.81. The number of hydrogen-bond donors (Lipinski definition) is 4. The maximum absolute atomic E-state index is 10.6. The van der Waals surface area contributed by atoms with Crippen LogP contribution in [0.5, 0.6) is 0 Å². The molecule has 19 heavy (non-hydrogen) atoms. The van der Waals surface area contributed by atoms with Crippen LogP contribution in [0.2, 0.25) is 0 Å². The number of hydrogen-bond acceptors (Lipinski definition) is 5. The lowest BCUT2D eigenvalue weighted by Gasteiger charge is -2.36. The molecule has 1 aliphatic rings. The van der Waals surface area contributed by atoms with Crippen molar-refractivity contribution >= 4 is 11.5 Å². The van der Waals surface area contributed by atoms with Gasteiger partial charge in [0.2, 0.25) is 0 Å². The van der Waals surface area contributed by atoms with Gasteiger partial charge in [0.25, 0.3) is 0 Å². The number of aromatic nitrogens is 1. The van der Waals surface area contributed by atoms with Gasteiger partial charge < -0.3 is 15.8 Å². The molecule has 1 aromatic rings. The highest BCUT2D eigenvalue weighted by Crippen LogP contribution is 2.33. The van der Waals surface area contributed by atoms with E-state index < -0.39 is 5.60 Å². The van der Waals surface area contributed by atoms with Gasteiger partial charge in [0.1, 0.15) is 5.82 Å². The normalized spacial score (nSPS) is 27.0. The van der Waals surface area contributed by atoms with Crippen LogP contribution < -0.4 is 16.6 Å². The van der Waals surface area contributed by atoms with Crippen LogP contribution in [-0.4, -0.2) is 22.2 Å². The molecule has 1 fully saturated rings. The summed E-state index contributed by atoms with van der Waals surface area (Å²) >= 11 is 0. The number of aliphatic hydroxyl groups is 1. The number of nitrogens with one attached hydrogen (secondary N) is 2. The Balaban J connectivity index is 1.87. The molecule has 0 radical (unpaired) electrons. The lowest BCUT2D eigenvalue weighted by Crippen LogP contribution is -2.40. The summed E-state index contributed by atoms with van der Waals surface area (Å²) in [6, 6.07) is 3.71. The summed E-state index contributed by atoms with van der Waals surface area (Å²) in [5.41, 5.74) is 2.86. The third-order valence-corrected chi connectivity index (χ3v) is 4.14. The highest BCUT2D eigenvalue weighted by molar-refractivity contribution is 5.51. The molecule has 5 heteroatoms. The quantitative estimate of drug-likeness (QED) is 0.483. The molecule has 1 saturated carbocycles. The molecule has 0 spiro atoms. The van der Waals surface area contributed by atoms with Crippen LogP contribution in [0.1, 0.15) is 39.0 Å². The SMILES string of the molecule is CCC1CCC(O)(CNc2ccnc(NN)c2)CC1. The molecular weight excluding hydrogens is 240 g/mol. The maximum atomic E-state index is 10.6. The second-order valence-electron chi connectivity index (χ2n) is 5.50. The summed E-state index contributed by atoms with van der Waals surface area (Å²) < 4.78 is 0. The molecule has 2 rings (SSSR count). The van der Waals surface area contributed by atoms with Crippen molar-refractivity contribution < 1.29 is 5.11 Å². The smallest absolute Gasteiger partial charge is 0.141 e. The van der Waals surface area contributed by atoms with E-state index in [4.69, 9.17) is 5.84 Å². The van der Waals surface area contributed by atoms with E-state index in [9.17, 15) is 5.11 Å². The summed E-state index contributed by atoms with van der Waals surface area (Å²) in [6.07, 6.45) is 6.92. The van der Waals surface area contributed by atoms with Gasteiger partial charge in [0.15, 0.2) is 0 Å². The highest BCUT2D eigenvalue weighted by Gasteiger charge is 2.32. The number of anilines is 2. The average molecular weight is 264 g/mol. The van der Waals surface area contributed by atoms with Crippen LogP contribution in [0.25, 0.3) is 0 Å². The van der Waals surface area contributed by atoms with Gasteiger partial charge in [-0.05, 0) is 37.7 Å². The summed E-state index contributed by atoms with van der Waals surface area (Å²) in [4.78, 5) is 4.05. The van der Waals surface area contributed by atoms with Crippen molar-refractivity contribution in [2.45, 2.75) is 44.6 Å². The molecule has 0 aliphatic heterocycles. The van der Waals surface area contributed by atoms with E-state index in [0.29, 0.717) is 12.4 Å². The second kappa shape index (κ2) is 6.21. The van der Waals surface area contributed by atoms with Crippen molar-refractivity contribution in [2.75, 3.05) is 17.3 Å². The standard InChI is InChI=1S/C14H24N4O/c1-2-11-3-6-14(19,7-4-11)10-17-12-5-8-16-13(9-12)18-15/h5,8-9,11,19H,2-4,6-7,10,15H2,1H3,(H2,16,17,18). The van der Waals surface area contributed by atoms with Gasteiger partial charge in [-0.15, -0.1) is 0 Å². The van der Waals surface area contributed by atoms with Crippen molar-refractivity contribution in [3.05, 3.63) is 18.3 Å². The molecule has 5 nitrogen and oxygen atoms in total. The van der Waals surface area contributed by atoms with Crippen LogP contribution in [0.3, 0.4) is 0 Å². The minimum absolute atomic E-state index is 0.578. The number of nitrogen functional groups attached to an aromatic ring is 1. The third-order valence-electron chi connectivity index (χ3n) is 4.14. The number of rotatable bonds is 5. The van der Waals surface area contributed by atoms with E-state index >= 15 is 0 Å². The topological polar surface area (TPSA) is 83.2 Å². The number of hydrazine groups is 1. The monoisotopic (exact) mass is 264 g/mol. The van der Waals surface area contributed by atoms with Crippen molar-refractivity contribution in [1.82, 2.24) is 4.98 Å². The van der Waals surface area contributed by atoms with Gasteiger partial charge in [-0.2, -0.15) is 0 Å². The Morgan fingerprint density at radius 1 is 1.47 bits per heavy atom. The predicted molar refractivity (Wildman–Crippen MR) is 77.7 cm³/mol.